The minimum absolute atomic E-state index is 0.122. The van der Waals surface area contributed by atoms with E-state index < -0.39 is 9.53 Å². The molecule has 0 aliphatic heterocycles. The second-order valence-corrected chi connectivity index (χ2v) is 6.72. The fourth-order valence-corrected chi connectivity index (χ4v) is 3.06. The molecule has 0 bridgehead atoms. The zero-order chi connectivity index (χ0) is 11.4. The fourth-order valence-electron chi connectivity index (χ4n) is 1.69. The van der Waals surface area contributed by atoms with Crippen LogP contribution in [0.2, 0.25) is 0 Å². The van der Waals surface area contributed by atoms with Gasteiger partial charge in [-0.25, -0.2) is 0 Å². The average molecular weight is 220 g/mol. The molecule has 4 heteroatoms. The van der Waals surface area contributed by atoms with Crippen LogP contribution in [0.15, 0.2) is 0 Å². The summed E-state index contributed by atoms with van der Waals surface area (Å²) >= 11 is 0. The Hall–Kier alpha value is 0.0969. The Bertz CT molecular complexity index is 150. The summed E-state index contributed by atoms with van der Waals surface area (Å²) in [5.74, 6) is 0.468. The predicted molar refractivity (Wildman–Crippen MR) is 60.3 cm³/mol. The summed E-state index contributed by atoms with van der Waals surface area (Å²) in [6.45, 7) is 10.8. The Labute approximate surface area is 89.7 Å². The molecule has 0 saturated heterocycles. The molecule has 0 aromatic carbocycles. The lowest BCUT2D eigenvalue weighted by molar-refractivity contribution is -0.00366. The summed E-state index contributed by atoms with van der Waals surface area (Å²) in [7, 11) is 1.37. The fraction of sp³-hybridized carbons (Fsp3) is 1.00. The largest absolute Gasteiger partial charge is 0.483 e. The lowest BCUT2D eigenvalue weighted by atomic mass is 9.83. The smallest absolute Gasteiger partial charge is 0.379 e. The maximum atomic E-state index is 5.87. The van der Waals surface area contributed by atoms with Crippen molar-refractivity contribution in [3.8, 4) is 0 Å². The minimum atomic E-state index is -1.91. The topological polar surface area (TPSA) is 27.7 Å². The molecule has 0 spiro atoms. The molecule has 0 aromatic rings. The van der Waals surface area contributed by atoms with Crippen molar-refractivity contribution in [2.24, 2.45) is 11.3 Å². The molecule has 14 heavy (non-hydrogen) atoms. The SMILES string of the molecule is CO[SiH](OC)OC(C(C)C)C(C)(C)C. The monoisotopic (exact) mass is 220 g/mol. The first-order chi connectivity index (χ1) is 6.32. The summed E-state index contributed by atoms with van der Waals surface area (Å²) in [6.07, 6.45) is 0.180. The third-order valence-corrected chi connectivity index (χ3v) is 3.39. The van der Waals surface area contributed by atoms with Crippen LogP contribution in [0.5, 0.6) is 0 Å². The Morgan fingerprint density at radius 3 is 1.64 bits per heavy atom. The van der Waals surface area contributed by atoms with Gasteiger partial charge in [-0.3, -0.25) is 0 Å². The molecule has 0 rings (SSSR count). The number of rotatable bonds is 5. The van der Waals surface area contributed by atoms with E-state index in [1.54, 1.807) is 14.2 Å². The molecule has 0 N–H and O–H groups in total. The lowest BCUT2D eigenvalue weighted by Crippen LogP contribution is -2.40. The molecule has 0 aromatic heterocycles. The van der Waals surface area contributed by atoms with E-state index in [9.17, 15) is 0 Å². The van der Waals surface area contributed by atoms with E-state index in [4.69, 9.17) is 13.3 Å². The highest BCUT2D eigenvalue weighted by molar-refractivity contribution is 6.36. The van der Waals surface area contributed by atoms with Crippen molar-refractivity contribution in [1.82, 2.24) is 0 Å². The van der Waals surface area contributed by atoms with Crippen molar-refractivity contribution < 1.29 is 13.3 Å². The first-order valence-corrected chi connectivity index (χ1v) is 6.45. The summed E-state index contributed by atoms with van der Waals surface area (Å²) < 4.78 is 16.2. The predicted octanol–water partition coefficient (Wildman–Crippen LogP) is 2.08. The molecule has 0 amide bonds. The minimum Gasteiger partial charge on any atom is -0.379 e. The Morgan fingerprint density at radius 2 is 1.43 bits per heavy atom. The van der Waals surface area contributed by atoms with Gasteiger partial charge in [0.25, 0.3) is 0 Å². The second-order valence-electron chi connectivity index (χ2n) is 4.93. The van der Waals surface area contributed by atoms with E-state index in [1.165, 1.54) is 0 Å². The quantitative estimate of drug-likeness (QED) is 0.664. The van der Waals surface area contributed by atoms with Crippen molar-refractivity contribution in [2.45, 2.75) is 40.7 Å². The first-order valence-electron chi connectivity index (χ1n) is 5.04. The van der Waals surface area contributed by atoms with E-state index in [0.717, 1.165) is 0 Å². The second kappa shape index (κ2) is 5.85. The zero-order valence-electron chi connectivity index (χ0n) is 10.5. The van der Waals surface area contributed by atoms with Crippen LogP contribution in [-0.2, 0) is 13.3 Å². The van der Waals surface area contributed by atoms with Gasteiger partial charge in [-0.15, -0.1) is 0 Å². The summed E-state index contributed by atoms with van der Waals surface area (Å²) in [5.41, 5.74) is 0.122. The molecular weight excluding hydrogens is 196 g/mol. The lowest BCUT2D eigenvalue weighted by Gasteiger charge is -2.35. The van der Waals surface area contributed by atoms with Crippen LogP contribution in [-0.4, -0.2) is 29.9 Å². The average Bonchev–Trinajstić information content (AvgIpc) is 2.03. The van der Waals surface area contributed by atoms with Crippen LogP contribution in [0.1, 0.15) is 34.6 Å². The summed E-state index contributed by atoms with van der Waals surface area (Å²) in [6, 6.07) is 0. The molecule has 86 valence electrons. The number of hydrogen-bond donors (Lipinski definition) is 0. The Kier molecular flexibility index (Phi) is 5.89. The molecule has 0 saturated carbocycles. The Balaban J connectivity index is 4.37. The third kappa shape index (κ3) is 4.55. The molecule has 3 nitrogen and oxygen atoms in total. The van der Waals surface area contributed by atoms with Crippen molar-refractivity contribution >= 4 is 9.53 Å². The van der Waals surface area contributed by atoms with E-state index in [-0.39, 0.29) is 11.5 Å². The molecule has 0 radical (unpaired) electrons. The first kappa shape index (κ1) is 14.1. The highest BCUT2D eigenvalue weighted by Gasteiger charge is 2.31. The maximum Gasteiger partial charge on any atom is 0.483 e. The summed E-state index contributed by atoms with van der Waals surface area (Å²) in [5, 5.41) is 0. The Morgan fingerprint density at radius 1 is 1.00 bits per heavy atom. The molecule has 0 heterocycles. The van der Waals surface area contributed by atoms with Crippen LogP contribution in [0.25, 0.3) is 0 Å². The van der Waals surface area contributed by atoms with Gasteiger partial charge >= 0.3 is 9.53 Å². The maximum absolute atomic E-state index is 5.87. The highest BCUT2D eigenvalue weighted by Crippen LogP contribution is 2.28. The third-order valence-electron chi connectivity index (χ3n) is 2.10. The normalized spacial score (nSPS) is 15.2. The van der Waals surface area contributed by atoms with Crippen LogP contribution >= 0.6 is 0 Å². The van der Waals surface area contributed by atoms with Gasteiger partial charge < -0.3 is 13.3 Å². The standard InChI is InChI=1S/C10H24O3Si/c1-8(2)9(10(3,4)5)13-14(11-6)12-7/h8-9,14H,1-7H3. The highest BCUT2D eigenvalue weighted by atomic mass is 28.3. The molecule has 1 atom stereocenters. The van der Waals surface area contributed by atoms with Gasteiger partial charge in [0.2, 0.25) is 0 Å². The van der Waals surface area contributed by atoms with E-state index >= 15 is 0 Å². The van der Waals surface area contributed by atoms with Gasteiger partial charge in [-0.05, 0) is 11.3 Å². The molecule has 0 aliphatic carbocycles. The van der Waals surface area contributed by atoms with Gasteiger partial charge in [0.05, 0.1) is 6.10 Å². The van der Waals surface area contributed by atoms with Gasteiger partial charge in [-0.1, -0.05) is 34.6 Å². The van der Waals surface area contributed by atoms with Gasteiger partial charge in [0.1, 0.15) is 0 Å². The summed E-state index contributed by atoms with van der Waals surface area (Å²) in [4.78, 5) is 0. The van der Waals surface area contributed by atoms with Gasteiger partial charge in [-0.2, -0.15) is 0 Å². The van der Waals surface area contributed by atoms with E-state index in [1.807, 2.05) is 0 Å². The van der Waals surface area contributed by atoms with Crippen molar-refractivity contribution in [1.29, 1.82) is 0 Å². The van der Waals surface area contributed by atoms with Gasteiger partial charge in [0, 0.05) is 14.2 Å². The van der Waals surface area contributed by atoms with E-state index in [2.05, 4.69) is 34.6 Å². The molecule has 1 unspecified atom stereocenters. The van der Waals surface area contributed by atoms with E-state index in [0.29, 0.717) is 5.92 Å². The van der Waals surface area contributed by atoms with Crippen molar-refractivity contribution in [3.05, 3.63) is 0 Å². The molecular formula is C10H24O3Si. The molecule has 0 fully saturated rings. The molecule has 0 aliphatic rings. The van der Waals surface area contributed by atoms with Crippen molar-refractivity contribution in [2.75, 3.05) is 14.2 Å². The van der Waals surface area contributed by atoms with Crippen LogP contribution in [0.3, 0.4) is 0 Å². The van der Waals surface area contributed by atoms with Crippen molar-refractivity contribution in [3.63, 3.8) is 0 Å². The zero-order valence-corrected chi connectivity index (χ0v) is 11.6. The van der Waals surface area contributed by atoms with Crippen LogP contribution in [0.4, 0.5) is 0 Å². The van der Waals surface area contributed by atoms with Crippen LogP contribution < -0.4 is 0 Å². The van der Waals surface area contributed by atoms with Gasteiger partial charge in [0.15, 0.2) is 0 Å². The number of hydrogen-bond acceptors (Lipinski definition) is 3. The van der Waals surface area contributed by atoms with Crippen LogP contribution in [0, 0.1) is 11.3 Å².